The lowest BCUT2D eigenvalue weighted by Gasteiger charge is -2.33. The highest BCUT2D eigenvalue weighted by Gasteiger charge is 2.29. The van der Waals surface area contributed by atoms with E-state index in [4.69, 9.17) is 14.2 Å². The summed E-state index contributed by atoms with van der Waals surface area (Å²) in [5, 5.41) is 0. The Morgan fingerprint density at radius 3 is 2.87 bits per heavy atom. The van der Waals surface area contributed by atoms with Crippen molar-refractivity contribution >= 4 is 11.6 Å². The first-order valence-electron chi connectivity index (χ1n) is 7.15. The van der Waals surface area contributed by atoms with Crippen LogP contribution in [0.15, 0.2) is 30.6 Å². The Bertz CT molecular complexity index is 735. The van der Waals surface area contributed by atoms with E-state index in [-0.39, 0.29) is 17.7 Å². The molecule has 2 heterocycles. The van der Waals surface area contributed by atoms with E-state index in [1.54, 1.807) is 30.2 Å². The predicted octanol–water partition coefficient (Wildman–Crippen LogP) is 1.92. The van der Waals surface area contributed by atoms with Crippen LogP contribution in [-0.2, 0) is 0 Å². The lowest BCUT2D eigenvalue weighted by Crippen LogP contribution is -2.42. The van der Waals surface area contributed by atoms with Gasteiger partial charge in [-0.2, -0.15) is 0 Å². The number of hydrogen-bond donors (Lipinski definition) is 0. The van der Waals surface area contributed by atoms with Crippen molar-refractivity contribution in [1.82, 2.24) is 9.97 Å². The summed E-state index contributed by atoms with van der Waals surface area (Å²) in [6, 6.07) is 5.36. The van der Waals surface area contributed by atoms with E-state index in [0.717, 1.165) is 0 Å². The van der Waals surface area contributed by atoms with Gasteiger partial charge in [0.25, 0.3) is 5.91 Å². The van der Waals surface area contributed by atoms with Crippen molar-refractivity contribution in [2.45, 2.75) is 13.0 Å². The minimum absolute atomic E-state index is 0.126. The van der Waals surface area contributed by atoms with Crippen LogP contribution in [0, 0.1) is 0 Å². The number of ether oxygens (including phenoxy) is 3. The molecule has 0 saturated carbocycles. The Labute approximate surface area is 133 Å². The molecule has 7 heteroatoms. The van der Waals surface area contributed by atoms with Gasteiger partial charge in [0, 0.05) is 6.07 Å². The summed E-state index contributed by atoms with van der Waals surface area (Å²) >= 11 is 0. The van der Waals surface area contributed by atoms with Crippen molar-refractivity contribution in [2.75, 3.05) is 25.7 Å². The normalized spacial score (nSPS) is 16.3. The molecule has 0 spiro atoms. The minimum atomic E-state index is -0.263. The average molecular weight is 315 g/mol. The number of hydrogen-bond acceptors (Lipinski definition) is 6. The Morgan fingerprint density at radius 2 is 2.13 bits per heavy atom. The van der Waals surface area contributed by atoms with Gasteiger partial charge in [-0.1, -0.05) is 0 Å². The van der Waals surface area contributed by atoms with Crippen LogP contribution in [0.5, 0.6) is 17.4 Å². The molecule has 120 valence electrons. The fraction of sp³-hybridized carbons (Fsp3) is 0.312. The summed E-state index contributed by atoms with van der Waals surface area (Å²) in [6.07, 6.45) is 2.75. The minimum Gasteiger partial charge on any atom is -0.497 e. The number of carbonyl (C=O) groups is 1. The van der Waals surface area contributed by atoms with Crippen LogP contribution in [0.1, 0.15) is 17.4 Å². The van der Waals surface area contributed by atoms with Crippen LogP contribution >= 0.6 is 0 Å². The van der Waals surface area contributed by atoms with Crippen molar-refractivity contribution in [3.8, 4) is 17.4 Å². The van der Waals surface area contributed by atoms with Crippen LogP contribution < -0.4 is 19.1 Å². The number of anilines is 1. The lowest BCUT2D eigenvalue weighted by molar-refractivity contribution is 0.0955. The van der Waals surface area contributed by atoms with Gasteiger partial charge >= 0.3 is 0 Å². The molecule has 0 saturated heterocycles. The molecule has 0 N–H and O–H groups in total. The molecule has 23 heavy (non-hydrogen) atoms. The Balaban J connectivity index is 2.00. The zero-order valence-electron chi connectivity index (χ0n) is 13.1. The Hall–Kier alpha value is -2.83. The fourth-order valence-electron chi connectivity index (χ4n) is 2.42. The van der Waals surface area contributed by atoms with Crippen LogP contribution in [0.3, 0.4) is 0 Å². The summed E-state index contributed by atoms with van der Waals surface area (Å²) in [6.45, 7) is 2.32. The summed E-state index contributed by atoms with van der Waals surface area (Å²) in [4.78, 5) is 22.6. The van der Waals surface area contributed by atoms with E-state index in [1.807, 2.05) is 6.92 Å². The van der Waals surface area contributed by atoms with Crippen molar-refractivity contribution in [3.63, 3.8) is 0 Å². The topological polar surface area (TPSA) is 73.8 Å². The summed E-state index contributed by atoms with van der Waals surface area (Å²) < 4.78 is 16.0. The van der Waals surface area contributed by atoms with E-state index in [9.17, 15) is 4.79 Å². The van der Waals surface area contributed by atoms with Gasteiger partial charge in [-0.05, 0) is 19.1 Å². The summed E-state index contributed by atoms with van der Waals surface area (Å²) in [5.74, 6) is 1.31. The monoisotopic (exact) mass is 315 g/mol. The third-order valence-corrected chi connectivity index (χ3v) is 3.51. The third kappa shape index (κ3) is 2.90. The van der Waals surface area contributed by atoms with Crippen molar-refractivity contribution in [3.05, 3.63) is 36.3 Å². The van der Waals surface area contributed by atoms with E-state index in [1.165, 1.54) is 19.5 Å². The number of methoxy groups -OCH3 is 2. The molecule has 1 aliphatic rings. The van der Waals surface area contributed by atoms with Crippen molar-refractivity contribution in [1.29, 1.82) is 0 Å². The number of carbonyl (C=O) groups excluding carboxylic acids is 1. The molecular formula is C16H17N3O4. The zero-order valence-corrected chi connectivity index (χ0v) is 13.1. The number of amides is 1. The summed E-state index contributed by atoms with van der Waals surface area (Å²) in [5.41, 5.74) is 0.865. The lowest BCUT2D eigenvalue weighted by atomic mass is 10.1. The van der Waals surface area contributed by atoms with Gasteiger partial charge < -0.3 is 14.2 Å². The highest BCUT2D eigenvalue weighted by Crippen LogP contribution is 2.37. The van der Waals surface area contributed by atoms with Gasteiger partial charge in [0.05, 0.1) is 38.8 Å². The van der Waals surface area contributed by atoms with Gasteiger partial charge in [-0.25, -0.2) is 4.98 Å². The van der Waals surface area contributed by atoms with Crippen LogP contribution in [0.2, 0.25) is 0 Å². The molecule has 0 bridgehead atoms. The van der Waals surface area contributed by atoms with Gasteiger partial charge in [0.1, 0.15) is 17.6 Å². The Morgan fingerprint density at radius 1 is 1.30 bits per heavy atom. The van der Waals surface area contributed by atoms with E-state index < -0.39 is 0 Å². The average Bonchev–Trinajstić information content (AvgIpc) is 2.60. The fourth-order valence-corrected chi connectivity index (χ4v) is 2.42. The largest absolute Gasteiger partial charge is 0.497 e. The molecule has 1 atom stereocenters. The van der Waals surface area contributed by atoms with Gasteiger partial charge in [-0.3, -0.25) is 14.7 Å². The van der Waals surface area contributed by atoms with Gasteiger partial charge in [0.2, 0.25) is 5.88 Å². The van der Waals surface area contributed by atoms with Crippen molar-refractivity contribution in [2.24, 2.45) is 0 Å². The zero-order chi connectivity index (χ0) is 16.4. The SMILES string of the molecule is COc1ccc2c(c1)N(C(=O)c1cncc(OC)n1)CC(C)O2. The first kappa shape index (κ1) is 15.1. The molecule has 0 fully saturated rings. The molecule has 1 amide bonds. The number of aromatic nitrogens is 2. The second-order valence-corrected chi connectivity index (χ2v) is 5.12. The molecule has 0 radical (unpaired) electrons. The highest BCUT2D eigenvalue weighted by atomic mass is 16.5. The molecule has 7 nitrogen and oxygen atoms in total. The smallest absolute Gasteiger partial charge is 0.278 e. The van der Waals surface area contributed by atoms with E-state index in [0.29, 0.717) is 29.6 Å². The second kappa shape index (κ2) is 6.12. The first-order valence-corrected chi connectivity index (χ1v) is 7.15. The predicted molar refractivity (Wildman–Crippen MR) is 83.3 cm³/mol. The van der Waals surface area contributed by atoms with E-state index in [2.05, 4.69) is 9.97 Å². The first-order chi connectivity index (χ1) is 11.1. The number of benzene rings is 1. The standard InChI is InChI=1S/C16H17N3O4/c1-10-9-19(13-6-11(21-2)4-5-14(13)23-10)16(20)12-7-17-8-15(18-12)22-3/h4-8,10H,9H2,1-3H3. The quantitative estimate of drug-likeness (QED) is 0.861. The maximum absolute atomic E-state index is 12.8. The number of rotatable bonds is 3. The molecule has 2 aromatic rings. The highest BCUT2D eigenvalue weighted by molar-refractivity contribution is 6.06. The molecule has 1 aromatic heterocycles. The van der Waals surface area contributed by atoms with Crippen LogP contribution in [0.25, 0.3) is 0 Å². The molecule has 0 aliphatic carbocycles. The molecule has 1 aliphatic heterocycles. The summed E-state index contributed by atoms with van der Waals surface area (Å²) in [7, 11) is 3.06. The van der Waals surface area contributed by atoms with E-state index >= 15 is 0 Å². The Kier molecular flexibility index (Phi) is 4.01. The third-order valence-electron chi connectivity index (χ3n) is 3.51. The maximum atomic E-state index is 12.8. The maximum Gasteiger partial charge on any atom is 0.278 e. The van der Waals surface area contributed by atoms with Crippen LogP contribution in [0.4, 0.5) is 5.69 Å². The number of fused-ring (bicyclic) bond motifs is 1. The molecule has 3 rings (SSSR count). The number of nitrogens with zero attached hydrogens (tertiary/aromatic N) is 3. The molecule has 1 aromatic carbocycles. The molecular weight excluding hydrogens is 298 g/mol. The second-order valence-electron chi connectivity index (χ2n) is 5.12. The molecule has 1 unspecified atom stereocenters. The van der Waals surface area contributed by atoms with Crippen molar-refractivity contribution < 1.29 is 19.0 Å². The van der Waals surface area contributed by atoms with Gasteiger partial charge in [0.15, 0.2) is 5.69 Å². The van der Waals surface area contributed by atoms with Crippen LogP contribution in [-0.4, -0.2) is 42.7 Å². The van der Waals surface area contributed by atoms with Gasteiger partial charge in [-0.15, -0.1) is 0 Å².